The van der Waals surface area contributed by atoms with Gasteiger partial charge in [0.1, 0.15) is 5.69 Å². The molecule has 0 atom stereocenters. The first-order valence-corrected chi connectivity index (χ1v) is 7.59. The van der Waals surface area contributed by atoms with Crippen molar-refractivity contribution in [2.45, 2.75) is 13.3 Å². The average molecular weight is 306 g/mol. The number of aromatic nitrogens is 1. The molecule has 0 saturated carbocycles. The second kappa shape index (κ2) is 6.92. The highest BCUT2D eigenvalue weighted by Gasteiger charge is 2.13. The first-order chi connectivity index (χ1) is 11.2. The molecule has 0 aliphatic heterocycles. The first kappa shape index (κ1) is 15.0. The van der Waals surface area contributed by atoms with Crippen LogP contribution in [0.3, 0.4) is 0 Å². The topological polar surface area (TPSA) is 55.1 Å². The third kappa shape index (κ3) is 3.66. The lowest BCUT2D eigenvalue weighted by Gasteiger charge is -2.05. The van der Waals surface area contributed by atoms with Crippen LogP contribution in [0.5, 0.6) is 0 Å². The molecule has 0 unspecified atom stereocenters. The van der Waals surface area contributed by atoms with E-state index < -0.39 is 0 Å². The number of nitrogens with zero attached hydrogens (tertiary/aromatic N) is 1. The predicted octanol–water partition coefficient (Wildman–Crippen LogP) is 3.62. The van der Waals surface area contributed by atoms with E-state index in [-0.39, 0.29) is 11.7 Å². The van der Waals surface area contributed by atoms with Gasteiger partial charge >= 0.3 is 0 Å². The Hall–Kier alpha value is -2.88. The molecule has 0 radical (unpaired) electrons. The average Bonchev–Trinajstić information content (AvgIpc) is 3.07. The third-order valence-electron chi connectivity index (χ3n) is 3.74. The van der Waals surface area contributed by atoms with Gasteiger partial charge in [-0.15, -0.1) is 0 Å². The fourth-order valence-corrected chi connectivity index (χ4v) is 2.42. The molecule has 2 aromatic carbocycles. The van der Waals surface area contributed by atoms with Gasteiger partial charge in [0.15, 0.2) is 0 Å². The lowest BCUT2D eigenvalue weighted by molar-refractivity contribution is 0.0917. The van der Waals surface area contributed by atoms with Gasteiger partial charge in [0.05, 0.1) is 0 Å². The molecule has 1 amide bonds. The Kier molecular flexibility index (Phi) is 4.52. The number of amides is 1. The van der Waals surface area contributed by atoms with Gasteiger partial charge in [-0.05, 0) is 24.5 Å². The van der Waals surface area contributed by atoms with E-state index >= 15 is 0 Å². The van der Waals surface area contributed by atoms with E-state index in [1.54, 1.807) is 6.07 Å². The van der Waals surface area contributed by atoms with Gasteiger partial charge in [-0.1, -0.05) is 59.8 Å². The zero-order valence-electron chi connectivity index (χ0n) is 13.0. The summed E-state index contributed by atoms with van der Waals surface area (Å²) in [6.45, 7) is 2.63. The van der Waals surface area contributed by atoms with Gasteiger partial charge in [0, 0.05) is 18.2 Å². The zero-order valence-corrected chi connectivity index (χ0v) is 13.0. The molecule has 1 aromatic heterocycles. The fourth-order valence-electron chi connectivity index (χ4n) is 2.42. The van der Waals surface area contributed by atoms with E-state index in [2.05, 4.69) is 29.5 Å². The molecule has 0 bridgehead atoms. The maximum atomic E-state index is 12.1. The standard InChI is InChI=1S/C19H18N2O2/c1-14-7-5-6-8-15(14)11-12-20-19(22)18-13-17(21-23-18)16-9-3-2-4-10-16/h2-10,13H,11-12H2,1H3,(H,20,22). The van der Waals surface area contributed by atoms with Crippen molar-refractivity contribution in [3.8, 4) is 11.3 Å². The van der Waals surface area contributed by atoms with Crippen molar-refractivity contribution in [1.82, 2.24) is 10.5 Å². The molecule has 0 aliphatic rings. The summed E-state index contributed by atoms with van der Waals surface area (Å²) in [6.07, 6.45) is 0.790. The first-order valence-electron chi connectivity index (χ1n) is 7.59. The van der Waals surface area contributed by atoms with Crippen LogP contribution in [0.1, 0.15) is 21.7 Å². The highest BCUT2D eigenvalue weighted by Crippen LogP contribution is 2.18. The van der Waals surface area contributed by atoms with Crippen LogP contribution in [0.15, 0.2) is 65.2 Å². The minimum absolute atomic E-state index is 0.230. The number of hydrogen-bond donors (Lipinski definition) is 1. The number of carbonyl (C=O) groups is 1. The molecule has 0 aliphatic carbocycles. The Morgan fingerprint density at radius 1 is 1.09 bits per heavy atom. The smallest absolute Gasteiger partial charge is 0.289 e. The fraction of sp³-hybridized carbons (Fsp3) is 0.158. The maximum absolute atomic E-state index is 12.1. The van der Waals surface area contributed by atoms with E-state index in [0.29, 0.717) is 12.2 Å². The molecule has 3 aromatic rings. The van der Waals surface area contributed by atoms with Crippen LogP contribution in [-0.2, 0) is 6.42 Å². The van der Waals surface area contributed by atoms with Crippen molar-refractivity contribution in [2.24, 2.45) is 0 Å². The number of rotatable bonds is 5. The number of benzene rings is 2. The molecule has 1 heterocycles. The van der Waals surface area contributed by atoms with E-state index in [4.69, 9.17) is 4.52 Å². The molecular weight excluding hydrogens is 288 g/mol. The summed E-state index contributed by atoms with van der Waals surface area (Å²) < 4.78 is 5.15. The number of carbonyl (C=O) groups excluding carboxylic acids is 1. The summed E-state index contributed by atoms with van der Waals surface area (Å²) in [5.74, 6) is -0.0121. The van der Waals surface area contributed by atoms with E-state index in [1.165, 1.54) is 11.1 Å². The Bertz CT molecular complexity index is 794. The van der Waals surface area contributed by atoms with Crippen molar-refractivity contribution in [2.75, 3.05) is 6.54 Å². The van der Waals surface area contributed by atoms with E-state index in [1.807, 2.05) is 42.5 Å². The lowest BCUT2D eigenvalue weighted by atomic mass is 10.1. The summed E-state index contributed by atoms with van der Waals surface area (Å²) in [7, 11) is 0. The highest BCUT2D eigenvalue weighted by atomic mass is 16.5. The molecule has 116 valence electrons. The van der Waals surface area contributed by atoms with Gasteiger partial charge in [0.2, 0.25) is 5.76 Å². The SMILES string of the molecule is Cc1ccccc1CCNC(=O)c1cc(-c2ccccc2)no1. The normalized spacial score (nSPS) is 10.5. The summed E-state index contributed by atoms with van der Waals surface area (Å²) in [4.78, 5) is 12.1. The summed E-state index contributed by atoms with van der Waals surface area (Å²) >= 11 is 0. The Morgan fingerprint density at radius 3 is 2.61 bits per heavy atom. The largest absolute Gasteiger partial charge is 0.350 e. The number of nitrogens with one attached hydrogen (secondary N) is 1. The highest BCUT2D eigenvalue weighted by molar-refractivity contribution is 5.92. The van der Waals surface area contributed by atoms with Crippen LogP contribution in [0, 0.1) is 6.92 Å². The number of hydrogen-bond acceptors (Lipinski definition) is 3. The molecule has 4 heteroatoms. The maximum Gasteiger partial charge on any atom is 0.289 e. The van der Waals surface area contributed by atoms with Crippen molar-refractivity contribution >= 4 is 5.91 Å². The Morgan fingerprint density at radius 2 is 1.83 bits per heavy atom. The lowest BCUT2D eigenvalue weighted by Crippen LogP contribution is -2.25. The summed E-state index contributed by atoms with van der Waals surface area (Å²) in [5.41, 5.74) is 4.05. The molecule has 0 spiro atoms. The van der Waals surface area contributed by atoms with Crippen molar-refractivity contribution in [3.05, 3.63) is 77.6 Å². The van der Waals surface area contributed by atoms with Crippen LogP contribution in [-0.4, -0.2) is 17.6 Å². The van der Waals surface area contributed by atoms with Crippen LogP contribution in [0.2, 0.25) is 0 Å². The monoisotopic (exact) mass is 306 g/mol. The van der Waals surface area contributed by atoms with Crippen LogP contribution in [0.25, 0.3) is 11.3 Å². The molecule has 3 rings (SSSR count). The minimum Gasteiger partial charge on any atom is -0.350 e. The third-order valence-corrected chi connectivity index (χ3v) is 3.74. The van der Waals surface area contributed by atoms with Crippen LogP contribution in [0.4, 0.5) is 0 Å². The minimum atomic E-state index is -0.242. The molecular formula is C19H18N2O2. The van der Waals surface area contributed by atoms with Crippen molar-refractivity contribution < 1.29 is 9.32 Å². The van der Waals surface area contributed by atoms with Gasteiger partial charge in [0.25, 0.3) is 5.91 Å². The van der Waals surface area contributed by atoms with Gasteiger partial charge in [-0.25, -0.2) is 0 Å². The van der Waals surface area contributed by atoms with Gasteiger partial charge < -0.3 is 9.84 Å². The summed E-state index contributed by atoms with van der Waals surface area (Å²) in [6, 6.07) is 19.5. The molecule has 0 saturated heterocycles. The van der Waals surface area contributed by atoms with Gasteiger partial charge in [-0.3, -0.25) is 4.79 Å². The second-order valence-electron chi connectivity index (χ2n) is 5.37. The quantitative estimate of drug-likeness (QED) is 0.783. The summed E-state index contributed by atoms with van der Waals surface area (Å²) in [5, 5.41) is 6.82. The van der Waals surface area contributed by atoms with Crippen LogP contribution < -0.4 is 5.32 Å². The molecule has 0 fully saturated rings. The van der Waals surface area contributed by atoms with Crippen molar-refractivity contribution in [3.63, 3.8) is 0 Å². The Labute approximate surface area is 135 Å². The number of aryl methyl sites for hydroxylation is 1. The van der Waals surface area contributed by atoms with E-state index in [9.17, 15) is 4.79 Å². The van der Waals surface area contributed by atoms with Gasteiger partial charge in [-0.2, -0.15) is 0 Å². The Balaban J connectivity index is 1.59. The van der Waals surface area contributed by atoms with E-state index in [0.717, 1.165) is 12.0 Å². The zero-order chi connectivity index (χ0) is 16.1. The predicted molar refractivity (Wildman–Crippen MR) is 89.2 cm³/mol. The van der Waals surface area contributed by atoms with Crippen LogP contribution >= 0.6 is 0 Å². The molecule has 4 nitrogen and oxygen atoms in total. The molecule has 23 heavy (non-hydrogen) atoms. The van der Waals surface area contributed by atoms with Crippen molar-refractivity contribution in [1.29, 1.82) is 0 Å². The molecule has 1 N–H and O–H groups in total. The second-order valence-corrected chi connectivity index (χ2v) is 5.37.